The van der Waals surface area contributed by atoms with E-state index in [-0.39, 0.29) is 17.7 Å². The Morgan fingerprint density at radius 2 is 1.81 bits per heavy atom. The smallest absolute Gasteiger partial charge is 0.378 e. The molecule has 0 spiro atoms. The average Bonchev–Trinajstić information content (AvgIpc) is 2.64. The van der Waals surface area contributed by atoms with Crippen molar-refractivity contribution in [3.8, 4) is 0 Å². The Morgan fingerprint density at radius 3 is 2.48 bits per heavy atom. The molecule has 3 rings (SSSR count). The molecule has 1 N–H and O–H groups in total. The molecular formula is C19H18F4N2O2. The van der Waals surface area contributed by atoms with Crippen LogP contribution in [0.4, 0.5) is 28.9 Å². The van der Waals surface area contributed by atoms with E-state index in [2.05, 4.69) is 5.32 Å². The minimum Gasteiger partial charge on any atom is -0.378 e. The van der Waals surface area contributed by atoms with Crippen molar-refractivity contribution in [3.63, 3.8) is 0 Å². The van der Waals surface area contributed by atoms with Gasteiger partial charge in [0.2, 0.25) is 5.91 Å². The third-order valence-electron chi connectivity index (χ3n) is 4.27. The molecule has 0 radical (unpaired) electrons. The number of carbonyl (C=O) groups excluding carboxylic acids is 1. The van der Waals surface area contributed by atoms with E-state index >= 15 is 0 Å². The van der Waals surface area contributed by atoms with Crippen LogP contribution in [0.25, 0.3) is 0 Å². The molecule has 1 amide bonds. The summed E-state index contributed by atoms with van der Waals surface area (Å²) in [5.41, 5.74) is -0.750. The van der Waals surface area contributed by atoms with Gasteiger partial charge in [-0.05, 0) is 29.8 Å². The van der Waals surface area contributed by atoms with Gasteiger partial charge in [-0.15, -0.1) is 0 Å². The Hall–Kier alpha value is -2.61. The van der Waals surface area contributed by atoms with Crippen LogP contribution in [0.5, 0.6) is 0 Å². The van der Waals surface area contributed by atoms with Crippen LogP contribution in [0.15, 0.2) is 42.5 Å². The minimum absolute atomic E-state index is 0.119. The monoisotopic (exact) mass is 382 g/mol. The van der Waals surface area contributed by atoms with Crippen LogP contribution in [0, 0.1) is 5.82 Å². The number of nitrogens with zero attached hydrogens (tertiary/aromatic N) is 1. The minimum atomic E-state index is -4.64. The Bertz CT molecular complexity index is 818. The number of ether oxygens (including phenoxy) is 1. The molecule has 0 saturated carbocycles. The van der Waals surface area contributed by atoms with Crippen LogP contribution in [0.1, 0.15) is 11.1 Å². The molecule has 1 heterocycles. The summed E-state index contributed by atoms with van der Waals surface area (Å²) in [5, 5.41) is 2.25. The van der Waals surface area contributed by atoms with Gasteiger partial charge in [-0.3, -0.25) is 4.79 Å². The van der Waals surface area contributed by atoms with E-state index in [0.29, 0.717) is 32.0 Å². The summed E-state index contributed by atoms with van der Waals surface area (Å²) in [6.07, 6.45) is -4.99. The van der Waals surface area contributed by atoms with Gasteiger partial charge in [-0.2, -0.15) is 13.2 Å². The van der Waals surface area contributed by atoms with Crippen LogP contribution in [0.3, 0.4) is 0 Å². The first-order valence-corrected chi connectivity index (χ1v) is 8.42. The third-order valence-corrected chi connectivity index (χ3v) is 4.27. The highest BCUT2D eigenvalue weighted by Crippen LogP contribution is 2.37. The maximum Gasteiger partial charge on any atom is 0.418 e. The van der Waals surface area contributed by atoms with Gasteiger partial charge in [0, 0.05) is 18.8 Å². The first-order chi connectivity index (χ1) is 12.8. The molecule has 0 aromatic heterocycles. The fraction of sp³-hybridized carbons (Fsp3) is 0.316. The second-order valence-electron chi connectivity index (χ2n) is 6.14. The van der Waals surface area contributed by atoms with E-state index in [9.17, 15) is 22.4 Å². The second-order valence-corrected chi connectivity index (χ2v) is 6.14. The molecule has 2 aromatic carbocycles. The SMILES string of the molecule is O=C(Cc1ccccc1F)Nc1ccc(N2CCOCC2)cc1C(F)(F)F. The molecule has 1 aliphatic heterocycles. The van der Waals surface area contributed by atoms with E-state index in [1.165, 1.54) is 30.3 Å². The molecule has 0 unspecified atom stereocenters. The zero-order chi connectivity index (χ0) is 19.4. The van der Waals surface area contributed by atoms with Crippen molar-refractivity contribution in [1.82, 2.24) is 0 Å². The molecule has 27 heavy (non-hydrogen) atoms. The van der Waals surface area contributed by atoms with Crippen molar-refractivity contribution in [1.29, 1.82) is 0 Å². The molecule has 8 heteroatoms. The molecule has 0 bridgehead atoms. The van der Waals surface area contributed by atoms with Gasteiger partial charge < -0.3 is 15.0 Å². The number of carbonyl (C=O) groups is 1. The standard InChI is InChI=1S/C19H18F4N2O2/c20-16-4-2-1-3-13(16)11-18(26)24-17-6-5-14(12-15(17)19(21,22)23)25-7-9-27-10-8-25/h1-6,12H,7-11H2,(H,24,26). The van der Waals surface area contributed by atoms with Crippen LogP contribution in [-0.2, 0) is 22.1 Å². The van der Waals surface area contributed by atoms with Gasteiger partial charge in [0.25, 0.3) is 0 Å². The first-order valence-electron chi connectivity index (χ1n) is 8.42. The molecular weight excluding hydrogens is 364 g/mol. The highest BCUT2D eigenvalue weighted by molar-refractivity contribution is 5.93. The van der Waals surface area contributed by atoms with E-state index in [1.54, 1.807) is 11.0 Å². The van der Waals surface area contributed by atoms with Crippen molar-refractivity contribution >= 4 is 17.3 Å². The van der Waals surface area contributed by atoms with Gasteiger partial charge in [-0.1, -0.05) is 18.2 Å². The summed E-state index contributed by atoms with van der Waals surface area (Å²) >= 11 is 0. The number of alkyl halides is 3. The molecule has 4 nitrogen and oxygen atoms in total. The lowest BCUT2D eigenvalue weighted by molar-refractivity contribution is -0.136. The molecule has 144 valence electrons. The quantitative estimate of drug-likeness (QED) is 0.817. The number of benzene rings is 2. The highest BCUT2D eigenvalue weighted by Gasteiger charge is 2.35. The van der Waals surface area contributed by atoms with E-state index < -0.39 is 23.5 Å². The first kappa shape index (κ1) is 19.2. The van der Waals surface area contributed by atoms with Gasteiger partial charge >= 0.3 is 6.18 Å². The summed E-state index contributed by atoms with van der Waals surface area (Å²) in [6, 6.07) is 9.42. The maximum atomic E-state index is 13.6. The fourth-order valence-electron chi connectivity index (χ4n) is 2.90. The summed E-state index contributed by atoms with van der Waals surface area (Å²) in [6.45, 7) is 1.89. The van der Waals surface area contributed by atoms with Gasteiger partial charge in [0.05, 0.1) is 30.9 Å². The fourth-order valence-corrected chi connectivity index (χ4v) is 2.90. The zero-order valence-electron chi connectivity index (χ0n) is 14.4. The summed E-state index contributed by atoms with van der Waals surface area (Å²) in [4.78, 5) is 13.9. The average molecular weight is 382 g/mol. The van der Waals surface area contributed by atoms with Crippen molar-refractivity contribution in [2.45, 2.75) is 12.6 Å². The third kappa shape index (κ3) is 4.77. The Morgan fingerprint density at radius 1 is 1.11 bits per heavy atom. The molecule has 1 aliphatic rings. The number of nitrogens with one attached hydrogen (secondary N) is 1. The lowest BCUT2D eigenvalue weighted by atomic mass is 10.1. The van der Waals surface area contributed by atoms with Crippen LogP contribution in [0.2, 0.25) is 0 Å². The number of halogens is 4. The van der Waals surface area contributed by atoms with Crippen molar-refractivity contribution in [2.75, 3.05) is 36.5 Å². The van der Waals surface area contributed by atoms with E-state index in [4.69, 9.17) is 4.74 Å². The highest BCUT2D eigenvalue weighted by atomic mass is 19.4. The summed E-state index contributed by atoms with van der Waals surface area (Å²) in [7, 11) is 0. The number of rotatable bonds is 4. The van der Waals surface area contributed by atoms with Crippen LogP contribution in [-0.4, -0.2) is 32.2 Å². The summed E-state index contributed by atoms with van der Waals surface area (Å²) < 4.78 is 59.3. The van der Waals surface area contributed by atoms with Crippen molar-refractivity contribution in [3.05, 3.63) is 59.4 Å². The normalized spacial score (nSPS) is 14.9. The molecule has 1 fully saturated rings. The molecule has 2 aromatic rings. The largest absolute Gasteiger partial charge is 0.418 e. The predicted octanol–water partition coefficient (Wildman–Crippen LogP) is 3.86. The predicted molar refractivity (Wildman–Crippen MR) is 93.2 cm³/mol. The van der Waals surface area contributed by atoms with E-state index in [0.717, 1.165) is 6.07 Å². The van der Waals surface area contributed by atoms with Gasteiger partial charge in [0.1, 0.15) is 5.82 Å². The Kier molecular flexibility index (Phi) is 5.65. The number of hydrogen-bond acceptors (Lipinski definition) is 3. The Labute approximate surface area is 153 Å². The Balaban J connectivity index is 1.81. The molecule has 0 aliphatic carbocycles. The number of morpholine rings is 1. The van der Waals surface area contributed by atoms with Crippen molar-refractivity contribution in [2.24, 2.45) is 0 Å². The zero-order valence-corrected chi connectivity index (χ0v) is 14.4. The topological polar surface area (TPSA) is 41.6 Å². The molecule has 1 saturated heterocycles. The maximum absolute atomic E-state index is 13.6. The lowest BCUT2D eigenvalue weighted by Crippen LogP contribution is -2.36. The van der Waals surface area contributed by atoms with Crippen molar-refractivity contribution < 1.29 is 27.1 Å². The van der Waals surface area contributed by atoms with E-state index in [1.807, 2.05) is 0 Å². The second kappa shape index (κ2) is 7.96. The van der Waals surface area contributed by atoms with Crippen LogP contribution < -0.4 is 10.2 Å². The summed E-state index contributed by atoms with van der Waals surface area (Å²) in [5.74, 6) is -1.30. The number of anilines is 2. The lowest BCUT2D eigenvalue weighted by Gasteiger charge is -2.29. The number of amides is 1. The van der Waals surface area contributed by atoms with Crippen LogP contribution >= 0.6 is 0 Å². The number of hydrogen-bond donors (Lipinski definition) is 1. The van der Waals surface area contributed by atoms with Gasteiger partial charge in [0.15, 0.2) is 0 Å². The molecule has 0 atom stereocenters. The van der Waals surface area contributed by atoms with Gasteiger partial charge in [-0.25, -0.2) is 4.39 Å².